The van der Waals surface area contributed by atoms with E-state index in [1.807, 2.05) is 0 Å². The molecule has 0 spiro atoms. The van der Waals surface area contributed by atoms with Crippen LogP contribution < -0.4 is 15.1 Å². The molecule has 0 radical (unpaired) electrons. The zero-order chi connectivity index (χ0) is 33.9. The van der Waals surface area contributed by atoms with Crippen LogP contribution in [0.4, 0.5) is 34.1 Å². The van der Waals surface area contributed by atoms with E-state index in [0.29, 0.717) is 0 Å². The van der Waals surface area contributed by atoms with Crippen molar-refractivity contribution in [1.29, 1.82) is 0 Å². The van der Waals surface area contributed by atoms with Crippen molar-refractivity contribution in [3.8, 4) is 0 Å². The van der Waals surface area contributed by atoms with Crippen LogP contribution in [0.3, 0.4) is 0 Å². The first-order chi connectivity index (χ1) is 25.3. The highest BCUT2D eigenvalue weighted by atomic mass is 15.3. The Morgan fingerprint density at radius 1 is 0.647 bits per heavy atom. The van der Waals surface area contributed by atoms with Gasteiger partial charge >= 0.3 is 0 Å². The molecule has 246 valence electrons. The summed E-state index contributed by atoms with van der Waals surface area (Å²) in [6.45, 7) is 3.16. The number of anilines is 6. The molecule has 2 atom stereocenters. The fourth-order valence-corrected chi connectivity index (χ4v) is 8.53. The fourth-order valence-electron chi connectivity index (χ4n) is 8.53. The van der Waals surface area contributed by atoms with Crippen molar-refractivity contribution >= 4 is 68.1 Å². The summed E-state index contributed by atoms with van der Waals surface area (Å²) in [5, 5.41) is 6.52. The molecule has 1 N–H and O–H groups in total. The van der Waals surface area contributed by atoms with Crippen LogP contribution in [-0.2, 0) is 6.54 Å². The van der Waals surface area contributed by atoms with Crippen LogP contribution in [0.5, 0.6) is 0 Å². The molecular formula is C47H38N4. The van der Waals surface area contributed by atoms with Crippen molar-refractivity contribution in [1.82, 2.24) is 4.57 Å². The third-order valence-corrected chi connectivity index (χ3v) is 10.8. The van der Waals surface area contributed by atoms with Crippen molar-refractivity contribution < 1.29 is 0 Å². The Morgan fingerprint density at radius 3 is 2.29 bits per heavy atom. The summed E-state index contributed by atoms with van der Waals surface area (Å²) in [6, 6.07) is 49.0. The minimum Gasteiger partial charge on any atom is -0.359 e. The van der Waals surface area contributed by atoms with Gasteiger partial charge in [-0.05, 0) is 90.7 Å². The van der Waals surface area contributed by atoms with Crippen molar-refractivity contribution in [3.63, 3.8) is 0 Å². The van der Waals surface area contributed by atoms with Crippen LogP contribution in [0.1, 0.15) is 47.7 Å². The van der Waals surface area contributed by atoms with Gasteiger partial charge in [0.2, 0.25) is 0 Å². The quantitative estimate of drug-likeness (QED) is 0.199. The summed E-state index contributed by atoms with van der Waals surface area (Å²) in [6.07, 6.45) is 14.5. The summed E-state index contributed by atoms with van der Waals surface area (Å²) >= 11 is 0. The number of aryl methyl sites for hydroxylation is 1. The van der Waals surface area contributed by atoms with Gasteiger partial charge in [0, 0.05) is 51.2 Å². The maximum Gasteiger partial charge on any atom is 0.130 e. The van der Waals surface area contributed by atoms with E-state index in [1.54, 1.807) is 0 Å². The monoisotopic (exact) mass is 658 g/mol. The molecule has 0 saturated heterocycles. The highest BCUT2D eigenvalue weighted by molar-refractivity contribution is 6.16. The predicted octanol–water partition coefficient (Wildman–Crippen LogP) is 12.6. The molecule has 4 heteroatoms. The number of rotatable bonds is 5. The topological polar surface area (TPSA) is 23.4 Å². The van der Waals surface area contributed by atoms with Crippen molar-refractivity contribution in [3.05, 3.63) is 180 Å². The van der Waals surface area contributed by atoms with Gasteiger partial charge in [-0.15, -0.1) is 0 Å². The van der Waals surface area contributed by atoms with Crippen LogP contribution in [0.15, 0.2) is 158 Å². The maximum atomic E-state index is 3.92. The molecule has 10 rings (SSSR count). The Kier molecular flexibility index (Phi) is 6.95. The number of para-hydroxylation sites is 5. The highest BCUT2D eigenvalue weighted by Crippen LogP contribution is 2.50. The number of hydrogen-bond donors (Lipinski definition) is 1. The third-order valence-electron chi connectivity index (χ3n) is 10.8. The number of aromatic nitrogens is 1. The minimum absolute atomic E-state index is 0.0866. The van der Waals surface area contributed by atoms with Crippen LogP contribution in [0.25, 0.3) is 34.0 Å². The summed E-state index contributed by atoms with van der Waals surface area (Å²) in [5.74, 6) is 0.285. The van der Waals surface area contributed by atoms with E-state index >= 15 is 0 Å². The Balaban J connectivity index is 1.23. The number of hydrogen-bond acceptors (Lipinski definition) is 3. The van der Waals surface area contributed by atoms with Crippen LogP contribution in [0.2, 0.25) is 0 Å². The van der Waals surface area contributed by atoms with Gasteiger partial charge in [-0.25, -0.2) is 0 Å². The van der Waals surface area contributed by atoms with Crippen LogP contribution in [0, 0.1) is 0 Å². The highest BCUT2D eigenvalue weighted by Gasteiger charge is 2.33. The molecule has 51 heavy (non-hydrogen) atoms. The fraction of sp³-hybridized carbons (Fsp3) is 0.106. The zero-order valence-corrected chi connectivity index (χ0v) is 28.6. The average molecular weight is 659 g/mol. The van der Waals surface area contributed by atoms with Gasteiger partial charge in [-0.1, -0.05) is 109 Å². The zero-order valence-electron chi connectivity index (χ0n) is 28.6. The van der Waals surface area contributed by atoms with E-state index in [9.17, 15) is 0 Å². The maximum absolute atomic E-state index is 3.92. The molecule has 3 heterocycles. The van der Waals surface area contributed by atoms with Crippen LogP contribution in [-0.4, -0.2) is 4.57 Å². The van der Waals surface area contributed by atoms with E-state index in [-0.39, 0.29) is 12.1 Å². The van der Waals surface area contributed by atoms with Crippen LogP contribution >= 0.6 is 0 Å². The molecule has 0 saturated carbocycles. The largest absolute Gasteiger partial charge is 0.359 e. The third kappa shape index (κ3) is 4.74. The summed E-state index contributed by atoms with van der Waals surface area (Å²) in [7, 11) is 0. The molecule has 0 bridgehead atoms. The predicted molar refractivity (Wildman–Crippen MR) is 216 cm³/mol. The summed E-state index contributed by atoms with van der Waals surface area (Å²) in [4.78, 5) is 4.95. The number of nitrogens with zero attached hydrogens (tertiary/aromatic N) is 3. The Morgan fingerprint density at radius 2 is 1.43 bits per heavy atom. The first-order valence-corrected chi connectivity index (χ1v) is 18.1. The van der Waals surface area contributed by atoms with Gasteiger partial charge in [-0.3, -0.25) is 0 Å². The van der Waals surface area contributed by atoms with E-state index in [1.165, 1.54) is 61.1 Å². The smallest absolute Gasteiger partial charge is 0.130 e. The van der Waals surface area contributed by atoms with Crippen molar-refractivity contribution in [2.24, 2.45) is 0 Å². The Hall–Kier alpha value is -6.26. The van der Waals surface area contributed by atoms with Gasteiger partial charge in [0.05, 0.1) is 22.7 Å². The number of allylic oxidation sites excluding steroid dienone is 4. The molecule has 0 amide bonds. The molecule has 7 aromatic rings. The SMILES string of the molecule is CCn1c2ccccc2c2c3c(ccc21)N(c1cc(C2C=CC=CC2)cc(C2Nc4ccccc4N2c2ccccc2)c1)c1ccccc1C=C3. The normalized spacial score (nSPS) is 17.4. The molecule has 2 unspecified atom stereocenters. The van der Waals surface area contributed by atoms with E-state index in [0.717, 1.165) is 30.0 Å². The lowest BCUT2D eigenvalue weighted by atomic mass is 9.90. The second kappa shape index (κ2) is 12.0. The average Bonchev–Trinajstić information content (AvgIpc) is 3.69. The Labute approximate surface area is 298 Å². The second-order valence-corrected chi connectivity index (χ2v) is 13.7. The second-order valence-electron chi connectivity index (χ2n) is 13.7. The van der Waals surface area contributed by atoms with Crippen molar-refractivity contribution in [2.75, 3.05) is 15.1 Å². The van der Waals surface area contributed by atoms with Gasteiger partial charge in [0.1, 0.15) is 6.17 Å². The summed E-state index contributed by atoms with van der Waals surface area (Å²) < 4.78 is 2.45. The molecule has 3 aliphatic rings. The first-order valence-electron chi connectivity index (χ1n) is 18.1. The molecule has 6 aromatic carbocycles. The van der Waals surface area contributed by atoms with E-state index < -0.39 is 0 Å². The van der Waals surface area contributed by atoms with Gasteiger partial charge in [-0.2, -0.15) is 0 Å². The standard InChI is InChI=1S/C47H38N4/c1-2-49-42-23-13-10-20-38(42)46-39-26-25-33-17-9-12-22-41(33)50(43(39)27-28-45(46)49)37-30-34(32-15-5-3-6-16-32)29-35(31-37)47-48-40-21-11-14-24-44(40)51(47)36-18-7-4-8-19-36/h3-15,17-32,47-48H,2,16H2,1H3. The van der Waals surface area contributed by atoms with Gasteiger partial charge in [0.15, 0.2) is 0 Å². The van der Waals surface area contributed by atoms with E-state index in [2.05, 4.69) is 197 Å². The van der Waals surface area contributed by atoms with E-state index in [4.69, 9.17) is 0 Å². The number of fused-ring (bicyclic) bond motifs is 7. The lowest BCUT2D eigenvalue weighted by Crippen LogP contribution is -2.24. The molecule has 1 aliphatic carbocycles. The Bertz CT molecular complexity index is 2550. The number of nitrogens with one attached hydrogen (secondary N) is 1. The van der Waals surface area contributed by atoms with Gasteiger partial charge in [0.25, 0.3) is 0 Å². The summed E-state index contributed by atoms with van der Waals surface area (Å²) in [5.41, 5.74) is 14.6. The van der Waals surface area contributed by atoms with Crippen molar-refractivity contribution in [2.45, 2.75) is 32.0 Å². The number of benzene rings is 6. The molecule has 0 fully saturated rings. The minimum atomic E-state index is -0.0866. The lowest BCUT2D eigenvalue weighted by molar-refractivity contribution is 0.810. The lowest BCUT2D eigenvalue weighted by Gasteiger charge is -2.32. The first kappa shape index (κ1) is 29.6. The molecule has 2 aliphatic heterocycles. The molecular weight excluding hydrogens is 621 g/mol. The van der Waals surface area contributed by atoms with Gasteiger partial charge < -0.3 is 19.7 Å². The molecule has 1 aromatic heterocycles. The molecule has 4 nitrogen and oxygen atoms in total.